The highest BCUT2D eigenvalue weighted by Crippen LogP contribution is 2.38. The summed E-state index contributed by atoms with van der Waals surface area (Å²) < 4.78 is 2.32. The standard InChI is InChI=1S/C14H23N3O/c1-10-9-13(11(2)17(10)12-5-6-12)14(18)16(4)8-7-15-3/h9,12,15H,5-8H2,1-4H3. The average Bonchev–Trinajstić information content (AvgIpc) is 3.12. The minimum Gasteiger partial charge on any atom is -0.345 e. The Morgan fingerprint density at radius 1 is 1.50 bits per heavy atom. The number of hydrogen-bond acceptors (Lipinski definition) is 2. The summed E-state index contributed by atoms with van der Waals surface area (Å²) in [7, 11) is 3.76. The van der Waals surface area contributed by atoms with E-state index in [0.29, 0.717) is 6.04 Å². The van der Waals surface area contributed by atoms with Crippen molar-refractivity contribution in [2.45, 2.75) is 32.7 Å². The third-order valence-corrected chi connectivity index (χ3v) is 3.67. The number of aromatic nitrogens is 1. The largest absolute Gasteiger partial charge is 0.345 e. The van der Waals surface area contributed by atoms with E-state index in [0.717, 1.165) is 24.3 Å². The highest BCUT2D eigenvalue weighted by molar-refractivity contribution is 5.95. The predicted octanol–water partition coefficient (Wildman–Crippen LogP) is 1.73. The van der Waals surface area contributed by atoms with Crippen molar-refractivity contribution in [2.75, 3.05) is 27.2 Å². The van der Waals surface area contributed by atoms with Crippen molar-refractivity contribution in [3.05, 3.63) is 23.0 Å². The van der Waals surface area contributed by atoms with Crippen LogP contribution in [0, 0.1) is 13.8 Å². The molecule has 1 amide bonds. The Labute approximate surface area is 109 Å². The van der Waals surface area contributed by atoms with Gasteiger partial charge in [0.25, 0.3) is 5.91 Å². The van der Waals surface area contributed by atoms with Crippen molar-refractivity contribution in [3.63, 3.8) is 0 Å². The molecule has 1 aromatic rings. The second-order valence-corrected chi connectivity index (χ2v) is 5.22. The number of aryl methyl sites for hydroxylation is 1. The molecule has 1 aromatic heterocycles. The molecule has 0 spiro atoms. The molecule has 100 valence electrons. The summed E-state index contributed by atoms with van der Waals surface area (Å²) in [4.78, 5) is 14.2. The Balaban J connectivity index is 2.17. The van der Waals surface area contributed by atoms with Crippen LogP contribution in [-0.2, 0) is 0 Å². The van der Waals surface area contributed by atoms with E-state index in [9.17, 15) is 4.79 Å². The van der Waals surface area contributed by atoms with E-state index in [1.807, 2.05) is 20.2 Å². The fourth-order valence-electron chi connectivity index (χ4n) is 2.47. The first-order chi connectivity index (χ1) is 8.56. The van der Waals surface area contributed by atoms with Gasteiger partial charge in [-0.15, -0.1) is 0 Å². The Hall–Kier alpha value is -1.29. The second-order valence-electron chi connectivity index (χ2n) is 5.22. The number of carbonyl (C=O) groups is 1. The van der Waals surface area contributed by atoms with E-state index in [2.05, 4.69) is 23.7 Å². The topological polar surface area (TPSA) is 37.3 Å². The molecule has 0 radical (unpaired) electrons. The molecule has 1 heterocycles. The van der Waals surface area contributed by atoms with Gasteiger partial charge in [-0.3, -0.25) is 4.79 Å². The normalized spacial score (nSPS) is 14.9. The van der Waals surface area contributed by atoms with E-state index in [1.54, 1.807) is 4.90 Å². The first-order valence-electron chi connectivity index (χ1n) is 6.64. The van der Waals surface area contributed by atoms with Gasteiger partial charge in [0.05, 0.1) is 5.56 Å². The number of rotatable bonds is 5. The Morgan fingerprint density at radius 2 is 2.17 bits per heavy atom. The summed E-state index contributed by atoms with van der Waals surface area (Å²) in [6.07, 6.45) is 2.50. The van der Waals surface area contributed by atoms with Crippen molar-refractivity contribution in [1.29, 1.82) is 0 Å². The van der Waals surface area contributed by atoms with Crippen molar-refractivity contribution >= 4 is 5.91 Å². The molecular formula is C14H23N3O. The summed E-state index contributed by atoms with van der Waals surface area (Å²) in [5.41, 5.74) is 3.19. The molecule has 1 aliphatic rings. The van der Waals surface area contributed by atoms with Crippen molar-refractivity contribution in [1.82, 2.24) is 14.8 Å². The molecule has 4 nitrogen and oxygen atoms in total. The minimum absolute atomic E-state index is 0.130. The number of hydrogen-bond donors (Lipinski definition) is 1. The molecule has 0 aromatic carbocycles. The zero-order valence-corrected chi connectivity index (χ0v) is 11.8. The Bertz CT molecular complexity index is 446. The number of nitrogens with zero attached hydrogens (tertiary/aromatic N) is 2. The van der Waals surface area contributed by atoms with Crippen molar-refractivity contribution in [2.24, 2.45) is 0 Å². The Kier molecular flexibility index (Phi) is 3.76. The first kappa shape index (κ1) is 13.1. The third-order valence-electron chi connectivity index (χ3n) is 3.67. The summed E-state index contributed by atoms with van der Waals surface area (Å²) in [6.45, 7) is 5.71. The van der Waals surface area contributed by atoms with Gasteiger partial charge in [-0.2, -0.15) is 0 Å². The van der Waals surface area contributed by atoms with Crippen molar-refractivity contribution < 1.29 is 4.79 Å². The van der Waals surface area contributed by atoms with Crippen LogP contribution in [-0.4, -0.2) is 42.6 Å². The number of nitrogens with one attached hydrogen (secondary N) is 1. The summed E-state index contributed by atoms with van der Waals surface area (Å²) in [5.74, 6) is 0.130. The van der Waals surface area contributed by atoms with Gasteiger partial charge in [0, 0.05) is 37.6 Å². The van der Waals surface area contributed by atoms with E-state index < -0.39 is 0 Å². The lowest BCUT2D eigenvalue weighted by Crippen LogP contribution is -2.33. The number of amides is 1. The number of carbonyl (C=O) groups excluding carboxylic acids is 1. The first-order valence-corrected chi connectivity index (χ1v) is 6.64. The zero-order chi connectivity index (χ0) is 13.3. The third kappa shape index (κ3) is 2.43. The molecule has 0 saturated heterocycles. The van der Waals surface area contributed by atoms with Crippen LogP contribution in [0.15, 0.2) is 6.07 Å². The molecule has 1 aliphatic carbocycles. The van der Waals surface area contributed by atoms with E-state index in [1.165, 1.54) is 18.5 Å². The van der Waals surface area contributed by atoms with Gasteiger partial charge in [0.1, 0.15) is 0 Å². The molecule has 2 rings (SSSR count). The molecule has 4 heteroatoms. The van der Waals surface area contributed by atoms with E-state index in [-0.39, 0.29) is 5.91 Å². The maximum absolute atomic E-state index is 12.4. The molecule has 0 atom stereocenters. The molecule has 1 saturated carbocycles. The van der Waals surface area contributed by atoms with Gasteiger partial charge in [-0.1, -0.05) is 0 Å². The van der Waals surface area contributed by atoms with Gasteiger partial charge >= 0.3 is 0 Å². The lowest BCUT2D eigenvalue weighted by atomic mass is 10.2. The molecule has 1 N–H and O–H groups in total. The highest BCUT2D eigenvalue weighted by atomic mass is 16.2. The fraction of sp³-hybridized carbons (Fsp3) is 0.643. The zero-order valence-electron chi connectivity index (χ0n) is 11.8. The monoisotopic (exact) mass is 249 g/mol. The molecule has 0 bridgehead atoms. The van der Waals surface area contributed by atoms with Crippen molar-refractivity contribution in [3.8, 4) is 0 Å². The van der Waals surface area contributed by atoms with Crippen LogP contribution in [0.4, 0.5) is 0 Å². The fourth-order valence-corrected chi connectivity index (χ4v) is 2.47. The van der Waals surface area contributed by atoms with E-state index >= 15 is 0 Å². The lowest BCUT2D eigenvalue weighted by Gasteiger charge is -2.17. The van der Waals surface area contributed by atoms with Gasteiger partial charge < -0.3 is 14.8 Å². The van der Waals surface area contributed by atoms with Gasteiger partial charge in [0.2, 0.25) is 0 Å². The lowest BCUT2D eigenvalue weighted by molar-refractivity contribution is 0.0796. The van der Waals surface area contributed by atoms with Crippen LogP contribution >= 0.6 is 0 Å². The van der Waals surface area contributed by atoms with E-state index in [4.69, 9.17) is 0 Å². The van der Waals surface area contributed by atoms with Crippen LogP contribution in [0.25, 0.3) is 0 Å². The smallest absolute Gasteiger partial charge is 0.255 e. The van der Waals surface area contributed by atoms with Crippen LogP contribution in [0.3, 0.4) is 0 Å². The SMILES string of the molecule is CNCCN(C)C(=O)c1cc(C)n(C2CC2)c1C. The van der Waals surface area contributed by atoms with Gasteiger partial charge in [-0.05, 0) is 39.8 Å². The maximum Gasteiger partial charge on any atom is 0.255 e. The average molecular weight is 249 g/mol. The highest BCUT2D eigenvalue weighted by Gasteiger charge is 2.28. The molecule has 18 heavy (non-hydrogen) atoms. The van der Waals surface area contributed by atoms with Crippen LogP contribution in [0.2, 0.25) is 0 Å². The maximum atomic E-state index is 12.4. The Morgan fingerprint density at radius 3 is 2.72 bits per heavy atom. The predicted molar refractivity (Wildman–Crippen MR) is 73.1 cm³/mol. The van der Waals surface area contributed by atoms with Crippen LogP contribution in [0.1, 0.15) is 40.6 Å². The van der Waals surface area contributed by atoms with Crippen LogP contribution in [0.5, 0.6) is 0 Å². The van der Waals surface area contributed by atoms with Crippen LogP contribution < -0.4 is 5.32 Å². The number of likely N-dealkylation sites (N-methyl/N-ethyl adjacent to an activating group) is 2. The molecular weight excluding hydrogens is 226 g/mol. The second kappa shape index (κ2) is 5.14. The minimum atomic E-state index is 0.130. The van der Waals surface area contributed by atoms with Gasteiger partial charge in [-0.25, -0.2) is 0 Å². The molecule has 0 aliphatic heterocycles. The molecule has 0 unspecified atom stereocenters. The summed E-state index contributed by atoms with van der Waals surface area (Å²) >= 11 is 0. The van der Waals surface area contributed by atoms with Gasteiger partial charge in [0.15, 0.2) is 0 Å². The summed E-state index contributed by atoms with van der Waals surface area (Å²) in [6, 6.07) is 2.67. The quantitative estimate of drug-likeness (QED) is 0.863. The summed E-state index contributed by atoms with van der Waals surface area (Å²) in [5, 5.41) is 3.07. The molecule has 1 fully saturated rings.